The van der Waals surface area contributed by atoms with E-state index in [-0.39, 0.29) is 6.42 Å². The van der Waals surface area contributed by atoms with E-state index in [4.69, 9.17) is 11.5 Å². The van der Waals surface area contributed by atoms with Crippen LogP contribution in [0.2, 0.25) is 0 Å². The van der Waals surface area contributed by atoms with Gasteiger partial charge in [-0.25, -0.2) is 4.79 Å². The first kappa shape index (κ1) is 30.3. The van der Waals surface area contributed by atoms with Gasteiger partial charge in [0.05, 0.1) is 18.6 Å². The van der Waals surface area contributed by atoms with Crippen molar-refractivity contribution in [2.24, 2.45) is 17.4 Å². The molecule has 0 saturated carbocycles. The molecular weight excluding hydrogens is 496 g/mol. The lowest BCUT2D eigenvalue weighted by Gasteiger charge is -2.27. The molecule has 38 heavy (non-hydrogen) atoms. The predicted octanol–water partition coefficient (Wildman–Crippen LogP) is -1.12. The SMILES string of the molecule is CCC(C)C(NC(=O)C(NC(=O)C(CC(N)=O)NC(=O)C(N)Cc1c[nH]c2ccccc12)C(C)O)C(=O)O. The number of aliphatic carboxylic acids is 1. The Hall–Kier alpha value is -3.97. The summed E-state index contributed by atoms with van der Waals surface area (Å²) in [6, 6.07) is 2.03. The van der Waals surface area contributed by atoms with Crippen LogP contribution in [0.5, 0.6) is 0 Å². The van der Waals surface area contributed by atoms with Gasteiger partial charge in [0, 0.05) is 17.1 Å². The van der Waals surface area contributed by atoms with Gasteiger partial charge in [-0.05, 0) is 30.9 Å². The van der Waals surface area contributed by atoms with Crippen LogP contribution in [-0.4, -0.2) is 75.1 Å². The number of carboxylic acids is 1. The maximum absolute atomic E-state index is 13.0. The summed E-state index contributed by atoms with van der Waals surface area (Å²) in [4.78, 5) is 64.8. The van der Waals surface area contributed by atoms with E-state index in [1.807, 2.05) is 24.3 Å². The topological polar surface area (TPSA) is 230 Å². The lowest BCUT2D eigenvalue weighted by Crippen LogP contribution is -2.60. The average molecular weight is 533 g/mol. The maximum atomic E-state index is 13.0. The lowest BCUT2D eigenvalue weighted by atomic mass is 9.98. The molecule has 13 heteroatoms. The van der Waals surface area contributed by atoms with Gasteiger partial charge in [-0.1, -0.05) is 38.5 Å². The van der Waals surface area contributed by atoms with Crippen LogP contribution in [0.15, 0.2) is 30.5 Å². The summed E-state index contributed by atoms with van der Waals surface area (Å²) < 4.78 is 0. The van der Waals surface area contributed by atoms with Gasteiger partial charge >= 0.3 is 5.97 Å². The van der Waals surface area contributed by atoms with E-state index in [1.165, 1.54) is 6.92 Å². The van der Waals surface area contributed by atoms with Crippen LogP contribution in [0.25, 0.3) is 10.9 Å². The molecule has 0 bridgehead atoms. The van der Waals surface area contributed by atoms with Crippen molar-refractivity contribution in [2.75, 3.05) is 0 Å². The highest BCUT2D eigenvalue weighted by Crippen LogP contribution is 2.19. The molecule has 0 aliphatic heterocycles. The van der Waals surface area contributed by atoms with Crippen molar-refractivity contribution in [1.82, 2.24) is 20.9 Å². The Labute approximate surface area is 219 Å². The van der Waals surface area contributed by atoms with Crippen LogP contribution in [0.3, 0.4) is 0 Å². The first-order valence-corrected chi connectivity index (χ1v) is 12.3. The smallest absolute Gasteiger partial charge is 0.326 e. The lowest BCUT2D eigenvalue weighted by molar-refractivity contribution is -0.144. The molecule has 2 aromatic rings. The number of rotatable bonds is 14. The van der Waals surface area contributed by atoms with Gasteiger partial charge in [-0.15, -0.1) is 0 Å². The number of para-hydroxylation sites is 1. The maximum Gasteiger partial charge on any atom is 0.326 e. The zero-order chi connectivity index (χ0) is 28.6. The molecule has 0 fully saturated rings. The molecule has 0 spiro atoms. The van der Waals surface area contributed by atoms with E-state index in [0.717, 1.165) is 16.5 Å². The summed E-state index contributed by atoms with van der Waals surface area (Å²) in [6.07, 6.45) is 0.275. The third-order valence-corrected chi connectivity index (χ3v) is 6.33. The highest BCUT2D eigenvalue weighted by Gasteiger charge is 2.34. The van der Waals surface area contributed by atoms with Crippen molar-refractivity contribution in [2.45, 2.75) is 70.3 Å². The zero-order valence-corrected chi connectivity index (χ0v) is 21.6. The van der Waals surface area contributed by atoms with Crippen LogP contribution < -0.4 is 27.4 Å². The number of carbonyl (C=O) groups is 5. The quantitative estimate of drug-likeness (QED) is 0.148. The van der Waals surface area contributed by atoms with Crippen LogP contribution in [0.1, 0.15) is 39.2 Å². The molecule has 1 aromatic carbocycles. The Morgan fingerprint density at radius 3 is 2.18 bits per heavy atom. The molecule has 0 saturated heterocycles. The Morgan fingerprint density at radius 1 is 0.974 bits per heavy atom. The minimum Gasteiger partial charge on any atom is -0.480 e. The Kier molecular flexibility index (Phi) is 10.8. The molecule has 6 atom stereocenters. The molecule has 0 aliphatic carbocycles. The van der Waals surface area contributed by atoms with Gasteiger partial charge in [-0.2, -0.15) is 0 Å². The molecule has 0 radical (unpaired) electrons. The van der Waals surface area contributed by atoms with Crippen molar-refractivity contribution in [3.05, 3.63) is 36.0 Å². The highest BCUT2D eigenvalue weighted by atomic mass is 16.4. The molecule has 208 valence electrons. The number of carboxylic acid groups (broad SMARTS) is 1. The molecule has 10 N–H and O–H groups in total. The van der Waals surface area contributed by atoms with E-state index >= 15 is 0 Å². The largest absolute Gasteiger partial charge is 0.480 e. The van der Waals surface area contributed by atoms with E-state index in [9.17, 15) is 34.2 Å². The van der Waals surface area contributed by atoms with Crippen LogP contribution in [0, 0.1) is 5.92 Å². The summed E-state index contributed by atoms with van der Waals surface area (Å²) >= 11 is 0. The normalized spacial score (nSPS) is 15.9. The zero-order valence-electron chi connectivity index (χ0n) is 21.6. The summed E-state index contributed by atoms with van der Waals surface area (Å²) in [6.45, 7) is 4.61. The minimum atomic E-state index is -1.57. The van der Waals surface area contributed by atoms with Crippen LogP contribution >= 0.6 is 0 Å². The molecule has 1 aromatic heterocycles. The monoisotopic (exact) mass is 532 g/mol. The second-order valence-electron chi connectivity index (χ2n) is 9.34. The van der Waals surface area contributed by atoms with Crippen molar-refractivity contribution >= 4 is 40.5 Å². The molecule has 1 heterocycles. The van der Waals surface area contributed by atoms with Crippen molar-refractivity contribution in [3.8, 4) is 0 Å². The van der Waals surface area contributed by atoms with Gasteiger partial charge in [-0.3, -0.25) is 19.2 Å². The van der Waals surface area contributed by atoms with Crippen LogP contribution in [0.4, 0.5) is 0 Å². The number of aromatic amines is 1. The number of benzene rings is 1. The molecule has 13 nitrogen and oxygen atoms in total. The Balaban J connectivity index is 2.13. The first-order chi connectivity index (χ1) is 17.8. The number of carbonyl (C=O) groups excluding carboxylic acids is 4. The molecule has 6 unspecified atom stereocenters. The standard InChI is InChI=1S/C25H36N6O7/c1-4-12(2)20(25(37)38)30-24(36)21(13(3)32)31-23(35)18(10-19(27)33)29-22(34)16(26)9-14-11-28-17-8-6-5-7-15(14)17/h5-8,11-13,16,18,20-21,28,32H,4,9-10,26H2,1-3H3,(H2,27,33)(H,29,34)(H,30,36)(H,31,35)(H,37,38). The van der Waals surface area contributed by atoms with E-state index in [0.29, 0.717) is 6.42 Å². The second kappa shape index (κ2) is 13.5. The number of aromatic nitrogens is 1. The number of hydrogen-bond donors (Lipinski definition) is 8. The number of hydrogen-bond acceptors (Lipinski definition) is 7. The third-order valence-electron chi connectivity index (χ3n) is 6.33. The number of nitrogens with one attached hydrogen (secondary N) is 4. The summed E-state index contributed by atoms with van der Waals surface area (Å²) in [5, 5.41) is 27.4. The number of H-pyrrole nitrogens is 1. The molecule has 0 aliphatic rings. The van der Waals surface area contributed by atoms with Crippen molar-refractivity contribution in [3.63, 3.8) is 0 Å². The fraction of sp³-hybridized carbons (Fsp3) is 0.480. The van der Waals surface area contributed by atoms with E-state index in [1.54, 1.807) is 20.0 Å². The van der Waals surface area contributed by atoms with Crippen molar-refractivity contribution in [1.29, 1.82) is 0 Å². The van der Waals surface area contributed by atoms with E-state index < -0.39 is 72.2 Å². The van der Waals surface area contributed by atoms with Gasteiger partial charge in [0.1, 0.15) is 18.1 Å². The number of aliphatic hydroxyl groups excluding tert-OH is 1. The number of primary amides is 1. The van der Waals surface area contributed by atoms with Crippen LogP contribution in [-0.2, 0) is 30.4 Å². The number of fused-ring (bicyclic) bond motifs is 1. The van der Waals surface area contributed by atoms with E-state index in [2.05, 4.69) is 20.9 Å². The molecule has 2 rings (SSSR count). The fourth-order valence-corrected chi connectivity index (χ4v) is 3.90. The third kappa shape index (κ3) is 8.02. The fourth-order valence-electron chi connectivity index (χ4n) is 3.90. The molecule has 4 amide bonds. The summed E-state index contributed by atoms with van der Waals surface area (Å²) in [5.74, 6) is -5.27. The molecular formula is C25H36N6O7. The van der Waals surface area contributed by atoms with Gasteiger partial charge < -0.3 is 42.6 Å². The van der Waals surface area contributed by atoms with Gasteiger partial charge in [0.15, 0.2) is 0 Å². The number of nitrogens with two attached hydrogens (primary N) is 2. The number of amides is 4. The summed E-state index contributed by atoms with van der Waals surface area (Å²) in [5.41, 5.74) is 13.0. The number of aliphatic hydroxyl groups is 1. The average Bonchev–Trinajstić information content (AvgIpc) is 3.26. The summed E-state index contributed by atoms with van der Waals surface area (Å²) in [7, 11) is 0. The minimum absolute atomic E-state index is 0.131. The van der Waals surface area contributed by atoms with Gasteiger partial charge in [0.25, 0.3) is 0 Å². The predicted molar refractivity (Wildman–Crippen MR) is 138 cm³/mol. The first-order valence-electron chi connectivity index (χ1n) is 12.3. The Morgan fingerprint density at radius 2 is 1.61 bits per heavy atom. The van der Waals surface area contributed by atoms with Gasteiger partial charge in [0.2, 0.25) is 23.6 Å². The highest BCUT2D eigenvalue weighted by molar-refractivity contribution is 5.96. The Bertz CT molecular complexity index is 1160. The van der Waals surface area contributed by atoms with Crippen molar-refractivity contribution < 1.29 is 34.2 Å². The second-order valence-corrected chi connectivity index (χ2v) is 9.34.